The van der Waals surface area contributed by atoms with Crippen molar-refractivity contribution in [3.8, 4) is 11.1 Å². The summed E-state index contributed by atoms with van der Waals surface area (Å²) in [5, 5.41) is 9.64. The molecule has 0 aliphatic carbocycles. The molecule has 1 fully saturated rings. The van der Waals surface area contributed by atoms with Crippen LogP contribution in [0.2, 0.25) is 0 Å². The van der Waals surface area contributed by atoms with Gasteiger partial charge in [-0.15, -0.1) is 0 Å². The first-order chi connectivity index (χ1) is 14.9. The van der Waals surface area contributed by atoms with Gasteiger partial charge < -0.3 is 14.9 Å². The van der Waals surface area contributed by atoms with Gasteiger partial charge in [-0.3, -0.25) is 4.79 Å². The molecule has 1 saturated heterocycles. The zero-order valence-corrected chi connectivity index (χ0v) is 18.8. The van der Waals surface area contributed by atoms with E-state index >= 15 is 0 Å². The lowest BCUT2D eigenvalue weighted by atomic mass is 9.81. The van der Waals surface area contributed by atoms with E-state index in [0.29, 0.717) is 13.1 Å². The van der Waals surface area contributed by atoms with Crippen LogP contribution < -0.4 is 0 Å². The Morgan fingerprint density at radius 2 is 1.55 bits per heavy atom. The lowest BCUT2D eigenvalue weighted by molar-refractivity contribution is -0.136. The minimum absolute atomic E-state index is 0.0107. The number of carboxylic acids is 1. The first-order valence-corrected chi connectivity index (χ1v) is 11.3. The molecule has 0 radical (unpaired) electrons. The second kappa shape index (κ2) is 8.74. The lowest BCUT2D eigenvalue weighted by Gasteiger charge is -2.37. The monoisotopic (exact) mass is 420 g/mol. The molecule has 0 aromatic heterocycles. The number of nitrogens with zero attached hydrogens (tertiary/aromatic N) is 2. The van der Waals surface area contributed by atoms with Gasteiger partial charge in [-0.25, -0.2) is 4.79 Å². The number of urea groups is 1. The molecule has 31 heavy (non-hydrogen) atoms. The van der Waals surface area contributed by atoms with Gasteiger partial charge in [0.05, 0.1) is 6.42 Å². The van der Waals surface area contributed by atoms with Crippen LogP contribution in [0.15, 0.2) is 24.3 Å². The summed E-state index contributed by atoms with van der Waals surface area (Å²) >= 11 is 0. The number of aryl methyl sites for hydroxylation is 1. The molecule has 0 unspecified atom stereocenters. The maximum atomic E-state index is 13.1. The molecule has 2 aromatic carbocycles. The Morgan fingerprint density at radius 1 is 0.871 bits per heavy atom. The van der Waals surface area contributed by atoms with Crippen molar-refractivity contribution in [1.29, 1.82) is 0 Å². The highest BCUT2D eigenvalue weighted by Crippen LogP contribution is 2.38. The summed E-state index contributed by atoms with van der Waals surface area (Å²) < 4.78 is 0. The van der Waals surface area contributed by atoms with Gasteiger partial charge in [-0.1, -0.05) is 29.8 Å². The van der Waals surface area contributed by atoms with E-state index in [2.05, 4.69) is 38.1 Å². The molecule has 5 heteroatoms. The van der Waals surface area contributed by atoms with Crippen molar-refractivity contribution in [3.63, 3.8) is 0 Å². The third-order valence-electron chi connectivity index (χ3n) is 6.95. The summed E-state index contributed by atoms with van der Waals surface area (Å²) in [6, 6.07) is 8.46. The maximum Gasteiger partial charge on any atom is 0.320 e. The first-order valence-electron chi connectivity index (χ1n) is 11.3. The first kappa shape index (κ1) is 21.4. The number of hydrogen-bond acceptors (Lipinski definition) is 2. The van der Waals surface area contributed by atoms with Crippen LogP contribution in [0.5, 0.6) is 0 Å². The highest BCUT2D eigenvalue weighted by Gasteiger charge is 2.30. The van der Waals surface area contributed by atoms with Crippen LogP contribution in [0.3, 0.4) is 0 Å². The molecule has 0 atom stereocenters. The fraction of sp³-hybridized carbons (Fsp3) is 0.462. The number of piperidine rings is 1. The zero-order valence-electron chi connectivity index (χ0n) is 18.8. The van der Waals surface area contributed by atoms with E-state index in [4.69, 9.17) is 0 Å². The molecule has 4 rings (SSSR count). The van der Waals surface area contributed by atoms with Gasteiger partial charge in [-0.2, -0.15) is 0 Å². The van der Waals surface area contributed by atoms with Gasteiger partial charge in [0, 0.05) is 26.2 Å². The number of aliphatic carboxylic acids is 1. The van der Waals surface area contributed by atoms with Gasteiger partial charge in [0.25, 0.3) is 0 Å². The molecule has 2 aliphatic rings. The van der Waals surface area contributed by atoms with Crippen LogP contribution in [-0.4, -0.2) is 46.5 Å². The summed E-state index contributed by atoms with van der Waals surface area (Å²) in [6.07, 6.45) is 4.16. The lowest BCUT2D eigenvalue weighted by Crippen LogP contribution is -2.47. The van der Waals surface area contributed by atoms with Crippen LogP contribution >= 0.6 is 0 Å². The number of amides is 2. The van der Waals surface area contributed by atoms with E-state index in [1.165, 1.54) is 17.5 Å². The zero-order chi connectivity index (χ0) is 22.1. The van der Waals surface area contributed by atoms with E-state index in [9.17, 15) is 14.7 Å². The van der Waals surface area contributed by atoms with Crippen molar-refractivity contribution in [2.24, 2.45) is 0 Å². The molecule has 2 aliphatic heterocycles. The Kier molecular flexibility index (Phi) is 6.03. The molecule has 0 saturated carbocycles. The molecule has 1 N–H and O–H groups in total. The predicted molar refractivity (Wildman–Crippen MR) is 122 cm³/mol. The van der Waals surface area contributed by atoms with Gasteiger partial charge >= 0.3 is 12.0 Å². The number of fused-ring (bicyclic) bond motifs is 1. The normalized spacial score (nSPS) is 16.2. The molecule has 0 bridgehead atoms. The fourth-order valence-electron chi connectivity index (χ4n) is 5.20. The highest BCUT2D eigenvalue weighted by atomic mass is 16.4. The van der Waals surface area contributed by atoms with Crippen LogP contribution in [-0.2, 0) is 24.2 Å². The average Bonchev–Trinajstić information content (AvgIpc) is 2.78. The Morgan fingerprint density at radius 3 is 2.19 bits per heavy atom. The van der Waals surface area contributed by atoms with Gasteiger partial charge in [0.1, 0.15) is 0 Å². The minimum Gasteiger partial charge on any atom is -0.481 e. The van der Waals surface area contributed by atoms with Crippen molar-refractivity contribution in [1.82, 2.24) is 9.80 Å². The number of benzene rings is 2. The van der Waals surface area contributed by atoms with E-state index in [-0.39, 0.29) is 12.5 Å². The summed E-state index contributed by atoms with van der Waals surface area (Å²) in [5.74, 6) is -0.826. The van der Waals surface area contributed by atoms with Crippen molar-refractivity contribution in [2.75, 3.05) is 19.6 Å². The predicted octanol–water partition coefficient (Wildman–Crippen LogP) is 4.87. The summed E-state index contributed by atoms with van der Waals surface area (Å²) in [6.45, 7) is 9.17. The molecule has 164 valence electrons. The van der Waals surface area contributed by atoms with Crippen LogP contribution in [0.25, 0.3) is 11.1 Å². The summed E-state index contributed by atoms with van der Waals surface area (Å²) in [7, 11) is 0. The Bertz CT molecular complexity index is 1000. The van der Waals surface area contributed by atoms with Gasteiger partial charge in [-0.05, 0) is 85.4 Å². The maximum absolute atomic E-state index is 13.1. The molecular weight excluding hydrogens is 388 g/mol. The molecule has 5 nitrogen and oxygen atoms in total. The smallest absolute Gasteiger partial charge is 0.320 e. The third kappa shape index (κ3) is 4.18. The second-order valence-electron chi connectivity index (χ2n) is 9.00. The highest BCUT2D eigenvalue weighted by molar-refractivity contribution is 5.82. The molecule has 2 amide bonds. The number of carbonyl (C=O) groups is 2. The quantitative estimate of drug-likeness (QED) is 0.771. The van der Waals surface area contributed by atoms with Crippen LogP contribution in [0.4, 0.5) is 4.79 Å². The Hall–Kier alpha value is -2.82. The van der Waals surface area contributed by atoms with Crippen molar-refractivity contribution >= 4 is 12.0 Å². The number of likely N-dealkylation sites (tertiary alicyclic amines) is 1. The number of carbonyl (C=O) groups excluding carboxylic acids is 1. The SMILES string of the molecule is Cc1ccc(-c2c(C)c3c(c(C)c2CC(=O)O)CN(C(=O)N2CCCCC2)CC3)cc1. The molecule has 2 heterocycles. The third-order valence-corrected chi connectivity index (χ3v) is 6.95. The molecular formula is C26H32N2O3. The number of rotatable bonds is 3. The van der Waals surface area contributed by atoms with E-state index in [0.717, 1.165) is 65.7 Å². The van der Waals surface area contributed by atoms with Crippen molar-refractivity contribution < 1.29 is 14.7 Å². The average molecular weight is 421 g/mol. The van der Waals surface area contributed by atoms with E-state index < -0.39 is 5.97 Å². The number of hydrogen-bond donors (Lipinski definition) is 1. The second-order valence-corrected chi connectivity index (χ2v) is 9.00. The summed E-state index contributed by atoms with van der Waals surface area (Å²) in [4.78, 5) is 28.8. The van der Waals surface area contributed by atoms with Crippen molar-refractivity contribution in [3.05, 3.63) is 57.6 Å². The topological polar surface area (TPSA) is 60.9 Å². The fourth-order valence-corrected chi connectivity index (χ4v) is 5.20. The molecule has 2 aromatic rings. The van der Waals surface area contributed by atoms with E-state index in [1.54, 1.807) is 0 Å². The van der Waals surface area contributed by atoms with Gasteiger partial charge in [0.2, 0.25) is 0 Å². The minimum atomic E-state index is -0.826. The van der Waals surface area contributed by atoms with E-state index in [1.807, 2.05) is 16.7 Å². The number of carboxylic acid groups (broad SMARTS) is 1. The van der Waals surface area contributed by atoms with Crippen LogP contribution in [0, 0.1) is 20.8 Å². The van der Waals surface area contributed by atoms with Crippen LogP contribution in [0.1, 0.15) is 52.6 Å². The van der Waals surface area contributed by atoms with Gasteiger partial charge in [0.15, 0.2) is 0 Å². The molecule has 0 spiro atoms. The van der Waals surface area contributed by atoms with Crippen molar-refractivity contribution in [2.45, 2.75) is 59.4 Å². The Labute approximate surface area is 184 Å². The Balaban J connectivity index is 1.75. The summed E-state index contributed by atoms with van der Waals surface area (Å²) in [5.41, 5.74) is 8.78. The standard InChI is InChI=1S/C26H32N2O3/c1-17-7-9-20(10-8-17)25-19(3)21-11-14-28(26(31)27-12-5-4-6-13-27)16-23(21)18(2)22(25)15-24(29)30/h7-10H,4-6,11-16H2,1-3H3,(H,29,30). The largest absolute Gasteiger partial charge is 0.481 e.